The Bertz CT molecular complexity index is 2980. The molecule has 0 atom stereocenters. The molecule has 11 rings (SSSR count). The van der Waals surface area contributed by atoms with Crippen LogP contribution in [-0.4, -0.2) is 19.5 Å². The van der Waals surface area contributed by atoms with Crippen LogP contribution < -0.4 is 0 Å². The van der Waals surface area contributed by atoms with Gasteiger partial charge in [-0.05, 0) is 75.0 Å². The fourth-order valence-electron chi connectivity index (χ4n) is 8.12. The smallest absolute Gasteiger partial charge is 0.160 e. The molecule has 0 spiro atoms. The van der Waals surface area contributed by atoms with E-state index in [0.29, 0.717) is 0 Å². The van der Waals surface area contributed by atoms with Crippen molar-refractivity contribution in [3.05, 3.63) is 170 Å². The van der Waals surface area contributed by atoms with Crippen LogP contribution in [0.4, 0.5) is 0 Å². The van der Waals surface area contributed by atoms with E-state index < -0.39 is 0 Å². The van der Waals surface area contributed by atoms with Gasteiger partial charge in [0.15, 0.2) is 5.82 Å². The van der Waals surface area contributed by atoms with Gasteiger partial charge in [-0.2, -0.15) is 0 Å². The molecule has 10 aromatic rings. The molecule has 0 amide bonds. The summed E-state index contributed by atoms with van der Waals surface area (Å²) in [6.45, 7) is 0. The average Bonchev–Trinajstić information content (AvgIpc) is 3.74. The van der Waals surface area contributed by atoms with Crippen LogP contribution in [0.5, 0.6) is 0 Å². The topological polar surface area (TPSA) is 43.6 Å². The first-order valence-corrected chi connectivity index (χ1v) is 17.3. The SMILES string of the molecule is c1ccc(-c2nc(-c3ccc(-c4ccc(-n5c6ccc7cccc8c7c6c6c-8ccc(-c7ccncc7)c65)cc4)cc3)nc3ccccc23)cc1. The van der Waals surface area contributed by atoms with Crippen molar-refractivity contribution in [2.45, 2.75) is 0 Å². The van der Waals surface area contributed by atoms with Crippen molar-refractivity contribution >= 4 is 43.5 Å². The zero-order valence-electron chi connectivity index (χ0n) is 27.5. The molecule has 0 radical (unpaired) electrons. The van der Waals surface area contributed by atoms with Gasteiger partial charge < -0.3 is 4.57 Å². The van der Waals surface area contributed by atoms with Gasteiger partial charge in [-0.15, -0.1) is 0 Å². The lowest BCUT2D eigenvalue weighted by Gasteiger charge is -2.15. The van der Waals surface area contributed by atoms with Crippen LogP contribution in [0, 0.1) is 0 Å². The summed E-state index contributed by atoms with van der Waals surface area (Å²) in [4.78, 5) is 14.3. The second kappa shape index (κ2) is 10.8. The van der Waals surface area contributed by atoms with Gasteiger partial charge in [-0.1, -0.05) is 121 Å². The highest BCUT2D eigenvalue weighted by Gasteiger charge is 2.27. The molecule has 0 saturated heterocycles. The Kier molecular flexibility index (Phi) is 5.92. The second-order valence-electron chi connectivity index (χ2n) is 13.2. The maximum absolute atomic E-state index is 5.07. The van der Waals surface area contributed by atoms with Gasteiger partial charge in [0.25, 0.3) is 0 Å². The Morgan fingerprint density at radius 2 is 1.12 bits per heavy atom. The number of fused-ring (bicyclic) bond motifs is 2. The van der Waals surface area contributed by atoms with Crippen LogP contribution in [0.1, 0.15) is 0 Å². The van der Waals surface area contributed by atoms with Gasteiger partial charge >= 0.3 is 0 Å². The van der Waals surface area contributed by atoms with Gasteiger partial charge in [0.05, 0.1) is 22.2 Å². The summed E-state index contributed by atoms with van der Waals surface area (Å²) in [5.41, 5.74) is 14.9. The molecule has 7 aromatic carbocycles. The van der Waals surface area contributed by atoms with Crippen LogP contribution in [0.3, 0.4) is 0 Å². The first kappa shape index (κ1) is 28.0. The third-order valence-corrected chi connectivity index (χ3v) is 10.4. The lowest BCUT2D eigenvalue weighted by atomic mass is 9.98. The minimum Gasteiger partial charge on any atom is -0.309 e. The molecule has 0 unspecified atom stereocenters. The molecular weight excluding hydrogens is 621 g/mol. The first-order chi connectivity index (χ1) is 25.3. The standard InChI is InChI=1S/C47H28N4/c1-2-7-33(8-3-1)45-39-10-4-5-12-40(39)49-47(50-45)34-15-13-29(14-16-34)30-17-20-35(21-18-30)51-41-24-19-32-9-6-11-37-38-23-22-36(31-25-27-48-28-26-31)46(51)43(38)44(41)42(32)37/h1-28H. The minimum absolute atomic E-state index is 0.724. The Morgan fingerprint density at radius 1 is 0.412 bits per heavy atom. The number of para-hydroxylation sites is 1. The van der Waals surface area contributed by atoms with Crippen LogP contribution in [0.25, 0.3) is 105 Å². The van der Waals surface area contributed by atoms with Gasteiger partial charge in [-0.3, -0.25) is 4.98 Å². The molecule has 1 aliphatic carbocycles. The van der Waals surface area contributed by atoms with E-state index in [9.17, 15) is 0 Å². The Hall–Kier alpha value is -6.91. The number of nitrogens with zero attached hydrogens (tertiary/aromatic N) is 4. The van der Waals surface area contributed by atoms with Crippen LogP contribution in [0.2, 0.25) is 0 Å². The van der Waals surface area contributed by atoms with Crippen molar-refractivity contribution in [3.63, 3.8) is 0 Å². The quantitative estimate of drug-likeness (QED) is 0.187. The van der Waals surface area contributed by atoms with Crippen LogP contribution >= 0.6 is 0 Å². The van der Waals surface area contributed by atoms with E-state index in [1.54, 1.807) is 0 Å². The predicted molar refractivity (Wildman–Crippen MR) is 210 cm³/mol. The van der Waals surface area contributed by atoms with Gasteiger partial charge in [0.2, 0.25) is 0 Å². The van der Waals surface area contributed by atoms with E-state index in [1.807, 2.05) is 30.6 Å². The summed E-state index contributed by atoms with van der Waals surface area (Å²) in [7, 11) is 0. The zero-order chi connectivity index (χ0) is 33.5. The summed E-state index contributed by atoms with van der Waals surface area (Å²) in [5, 5.41) is 6.36. The summed E-state index contributed by atoms with van der Waals surface area (Å²) in [6.07, 6.45) is 3.76. The molecule has 4 heteroatoms. The van der Waals surface area contributed by atoms with E-state index >= 15 is 0 Å². The van der Waals surface area contributed by atoms with Crippen molar-refractivity contribution in [3.8, 4) is 61.7 Å². The number of hydrogen-bond donors (Lipinski definition) is 0. The third kappa shape index (κ3) is 4.17. The van der Waals surface area contributed by atoms with E-state index in [1.165, 1.54) is 49.3 Å². The highest BCUT2D eigenvalue weighted by atomic mass is 15.0. The lowest BCUT2D eigenvalue weighted by Crippen LogP contribution is -1.97. The number of rotatable bonds is 5. The average molecular weight is 649 g/mol. The van der Waals surface area contributed by atoms with E-state index in [0.717, 1.165) is 55.9 Å². The lowest BCUT2D eigenvalue weighted by molar-refractivity contribution is 1.18. The van der Waals surface area contributed by atoms with Crippen LogP contribution in [-0.2, 0) is 0 Å². The molecule has 4 nitrogen and oxygen atoms in total. The minimum atomic E-state index is 0.724. The van der Waals surface area contributed by atoms with Crippen molar-refractivity contribution in [2.75, 3.05) is 0 Å². The Morgan fingerprint density at radius 3 is 1.94 bits per heavy atom. The maximum Gasteiger partial charge on any atom is 0.160 e. The van der Waals surface area contributed by atoms with Gasteiger partial charge in [0.1, 0.15) is 0 Å². The summed E-state index contributed by atoms with van der Waals surface area (Å²) < 4.78 is 2.45. The molecule has 51 heavy (non-hydrogen) atoms. The molecule has 1 aliphatic rings. The van der Waals surface area contributed by atoms with Gasteiger partial charge in [0, 0.05) is 50.9 Å². The normalized spacial score (nSPS) is 11.9. The fourth-order valence-corrected chi connectivity index (χ4v) is 8.12. The van der Waals surface area contributed by atoms with Crippen molar-refractivity contribution in [1.82, 2.24) is 19.5 Å². The van der Waals surface area contributed by atoms with Crippen molar-refractivity contribution in [2.24, 2.45) is 0 Å². The molecule has 3 heterocycles. The monoisotopic (exact) mass is 648 g/mol. The highest BCUT2D eigenvalue weighted by molar-refractivity contribution is 6.35. The number of benzene rings is 7. The zero-order valence-corrected chi connectivity index (χ0v) is 27.5. The number of pyridine rings is 1. The fraction of sp³-hybridized carbons (Fsp3) is 0. The summed E-state index contributed by atoms with van der Waals surface area (Å²) >= 11 is 0. The molecule has 3 aromatic heterocycles. The maximum atomic E-state index is 5.07. The molecule has 0 bridgehead atoms. The molecule has 0 fully saturated rings. The van der Waals surface area contributed by atoms with E-state index in [4.69, 9.17) is 9.97 Å². The Balaban J connectivity index is 1.01. The summed E-state index contributed by atoms with van der Waals surface area (Å²) in [5.74, 6) is 0.724. The van der Waals surface area contributed by atoms with Gasteiger partial charge in [-0.25, -0.2) is 9.97 Å². The molecule has 0 aliphatic heterocycles. The Labute approximate surface area is 294 Å². The first-order valence-electron chi connectivity index (χ1n) is 17.3. The second-order valence-corrected chi connectivity index (χ2v) is 13.2. The molecule has 0 saturated carbocycles. The van der Waals surface area contributed by atoms with E-state index in [-0.39, 0.29) is 0 Å². The molecule has 0 N–H and O–H groups in total. The number of aromatic nitrogens is 4. The highest BCUT2D eigenvalue weighted by Crippen LogP contribution is 2.52. The largest absolute Gasteiger partial charge is 0.309 e. The third-order valence-electron chi connectivity index (χ3n) is 10.4. The summed E-state index contributed by atoms with van der Waals surface area (Å²) in [6, 6.07) is 56.2. The number of hydrogen-bond acceptors (Lipinski definition) is 3. The van der Waals surface area contributed by atoms with Crippen molar-refractivity contribution in [1.29, 1.82) is 0 Å². The predicted octanol–water partition coefficient (Wildman–Crippen LogP) is 11.9. The van der Waals surface area contributed by atoms with Crippen molar-refractivity contribution < 1.29 is 0 Å². The van der Waals surface area contributed by atoms with E-state index in [2.05, 4.69) is 149 Å². The molecule has 236 valence electrons. The van der Waals surface area contributed by atoms with Crippen LogP contribution in [0.15, 0.2) is 170 Å². The molecular formula is C47H28N4.